The third-order valence-electron chi connectivity index (χ3n) is 3.42. The largest absolute Gasteiger partial charge is 0.484 e. The molecule has 1 aliphatic heterocycles. The fourth-order valence-corrected chi connectivity index (χ4v) is 3.47. The van der Waals surface area contributed by atoms with Gasteiger partial charge in [0.15, 0.2) is 5.06 Å². The van der Waals surface area contributed by atoms with E-state index in [0.29, 0.717) is 23.7 Å². The summed E-state index contributed by atoms with van der Waals surface area (Å²) in [4.78, 5) is 23.4. The van der Waals surface area contributed by atoms with Gasteiger partial charge in [0.05, 0.1) is 6.61 Å². The Morgan fingerprint density at radius 3 is 2.83 bits per heavy atom. The van der Waals surface area contributed by atoms with Gasteiger partial charge in [-0.3, -0.25) is 5.32 Å². The Morgan fingerprint density at radius 1 is 1.30 bits per heavy atom. The molecule has 23 heavy (non-hydrogen) atoms. The van der Waals surface area contributed by atoms with Crippen molar-refractivity contribution in [2.75, 3.05) is 11.9 Å². The fourth-order valence-electron chi connectivity index (χ4n) is 2.37. The van der Waals surface area contributed by atoms with Crippen molar-refractivity contribution in [3.05, 3.63) is 47.0 Å². The summed E-state index contributed by atoms with van der Waals surface area (Å²) >= 11 is 1.13. The number of thiophene rings is 1. The van der Waals surface area contributed by atoms with Crippen LogP contribution >= 0.6 is 11.3 Å². The van der Waals surface area contributed by atoms with Gasteiger partial charge < -0.3 is 14.6 Å². The average Bonchev–Trinajstić information content (AvgIpc) is 2.91. The zero-order valence-corrected chi connectivity index (χ0v) is 13.0. The summed E-state index contributed by atoms with van der Waals surface area (Å²) in [6.45, 7) is 0.682. The highest BCUT2D eigenvalue weighted by Crippen LogP contribution is 2.42. The molecule has 0 bridgehead atoms. The summed E-state index contributed by atoms with van der Waals surface area (Å²) in [5.74, 6) is -1.08. The number of carbonyl (C=O) groups is 2. The number of aromatic carboxylic acids is 1. The van der Waals surface area contributed by atoms with Gasteiger partial charge in [-0.1, -0.05) is 41.7 Å². The predicted molar refractivity (Wildman–Crippen MR) is 85.3 cm³/mol. The molecule has 1 amide bonds. The van der Waals surface area contributed by atoms with E-state index in [1.54, 1.807) is 0 Å². The number of carboxylic acids is 1. The molecule has 120 valence electrons. The minimum atomic E-state index is -1.08. The molecule has 6 nitrogen and oxygen atoms in total. The lowest BCUT2D eigenvalue weighted by Gasteiger charge is -2.12. The van der Waals surface area contributed by atoms with Gasteiger partial charge in [0, 0.05) is 5.56 Å². The van der Waals surface area contributed by atoms with E-state index in [2.05, 4.69) is 5.32 Å². The molecule has 3 rings (SSSR count). The van der Waals surface area contributed by atoms with Gasteiger partial charge in [-0.2, -0.15) is 0 Å². The fraction of sp³-hybridized carbons (Fsp3) is 0.250. The van der Waals surface area contributed by atoms with E-state index in [9.17, 15) is 14.7 Å². The highest BCUT2D eigenvalue weighted by atomic mass is 32.1. The van der Waals surface area contributed by atoms with E-state index >= 15 is 0 Å². The molecule has 0 spiro atoms. The first-order valence-electron chi connectivity index (χ1n) is 7.14. The van der Waals surface area contributed by atoms with Crippen LogP contribution in [0.2, 0.25) is 0 Å². The highest BCUT2D eigenvalue weighted by Gasteiger charge is 2.27. The molecule has 0 saturated heterocycles. The lowest BCUT2D eigenvalue weighted by molar-refractivity contribution is 0.0696. The summed E-state index contributed by atoms with van der Waals surface area (Å²) in [5.41, 5.74) is 1.60. The van der Waals surface area contributed by atoms with Gasteiger partial charge in [-0.05, 0) is 18.4 Å². The van der Waals surface area contributed by atoms with Crippen LogP contribution in [0.15, 0.2) is 30.3 Å². The van der Waals surface area contributed by atoms with Gasteiger partial charge in [-0.25, -0.2) is 9.59 Å². The maximum Gasteiger partial charge on any atom is 0.412 e. The molecule has 1 aromatic heterocycles. The van der Waals surface area contributed by atoms with Gasteiger partial charge in [0.25, 0.3) is 0 Å². The number of fused-ring (bicyclic) bond motifs is 1. The minimum absolute atomic E-state index is 0.0985. The summed E-state index contributed by atoms with van der Waals surface area (Å²) in [6, 6.07) is 9.26. The third-order valence-corrected chi connectivity index (χ3v) is 4.48. The topological polar surface area (TPSA) is 84.9 Å². The van der Waals surface area contributed by atoms with Gasteiger partial charge in [0.1, 0.15) is 17.2 Å². The van der Waals surface area contributed by atoms with E-state index in [1.165, 1.54) is 0 Å². The summed E-state index contributed by atoms with van der Waals surface area (Å²) < 4.78 is 10.6. The van der Waals surface area contributed by atoms with Crippen LogP contribution in [0, 0.1) is 0 Å². The van der Waals surface area contributed by atoms with Crippen molar-refractivity contribution in [2.24, 2.45) is 0 Å². The van der Waals surface area contributed by atoms with E-state index < -0.39 is 12.1 Å². The Bertz CT molecular complexity index is 726. The van der Waals surface area contributed by atoms with Crippen molar-refractivity contribution < 1.29 is 24.2 Å². The number of benzene rings is 1. The molecular weight excluding hydrogens is 318 g/mol. The van der Waals surface area contributed by atoms with Crippen LogP contribution in [0.25, 0.3) is 0 Å². The normalized spacial score (nSPS) is 12.9. The van der Waals surface area contributed by atoms with E-state index in [4.69, 9.17) is 9.47 Å². The zero-order chi connectivity index (χ0) is 16.2. The van der Waals surface area contributed by atoms with Crippen LogP contribution in [0.4, 0.5) is 9.80 Å². The Labute approximate surface area is 136 Å². The number of nitrogens with one attached hydrogen (secondary N) is 1. The molecule has 7 heteroatoms. The third kappa shape index (κ3) is 3.45. The standard InChI is InChI=1S/C16H15NO5S/c18-14(19)12-11-7-4-8-21-15(11)23-13(12)17-16(20)22-9-10-5-2-1-3-6-10/h1-3,5-6H,4,7-9H2,(H,17,20)(H,18,19). The van der Waals surface area contributed by atoms with Crippen LogP contribution in [0.5, 0.6) is 5.06 Å². The minimum Gasteiger partial charge on any atom is -0.484 e. The van der Waals surface area contributed by atoms with Crippen molar-refractivity contribution in [3.63, 3.8) is 0 Å². The lowest BCUT2D eigenvalue weighted by Crippen LogP contribution is -2.15. The molecule has 0 aliphatic carbocycles. The van der Waals surface area contributed by atoms with Crippen LogP contribution in [0.1, 0.15) is 27.9 Å². The molecule has 0 unspecified atom stereocenters. The molecule has 0 fully saturated rings. The van der Waals surface area contributed by atoms with Gasteiger partial charge >= 0.3 is 12.1 Å². The lowest BCUT2D eigenvalue weighted by atomic mass is 10.1. The Balaban J connectivity index is 1.71. The van der Waals surface area contributed by atoms with Crippen LogP contribution < -0.4 is 10.1 Å². The Morgan fingerprint density at radius 2 is 2.09 bits per heavy atom. The summed E-state index contributed by atoms with van der Waals surface area (Å²) in [6.07, 6.45) is 0.714. The second-order valence-corrected chi connectivity index (χ2v) is 6.00. The zero-order valence-electron chi connectivity index (χ0n) is 12.2. The summed E-state index contributed by atoms with van der Waals surface area (Å²) in [5, 5.41) is 12.7. The van der Waals surface area contributed by atoms with Crippen LogP contribution in [-0.4, -0.2) is 23.8 Å². The first-order chi connectivity index (χ1) is 11.1. The number of amides is 1. The van der Waals surface area contributed by atoms with E-state index in [-0.39, 0.29) is 17.2 Å². The number of ether oxygens (including phenoxy) is 2. The number of hydrogen-bond acceptors (Lipinski definition) is 5. The number of hydrogen-bond donors (Lipinski definition) is 2. The first-order valence-corrected chi connectivity index (χ1v) is 7.96. The second kappa shape index (κ2) is 6.70. The van der Waals surface area contributed by atoms with Crippen molar-refractivity contribution in [1.29, 1.82) is 0 Å². The Kier molecular flexibility index (Phi) is 4.47. The first kappa shape index (κ1) is 15.4. The van der Waals surface area contributed by atoms with Crippen molar-refractivity contribution in [3.8, 4) is 5.06 Å². The number of carbonyl (C=O) groups excluding carboxylic acids is 1. The highest BCUT2D eigenvalue weighted by molar-refractivity contribution is 7.18. The van der Waals surface area contributed by atoms with E-state index in [1.807, 2.05) is 30.3 Å². The molecule has 2 heterocycles. The van der Waals surface area contributed by atoms with Crippen LogP contribution in [-0.2, 0) is 17.8 Å². The molecule has 2 aromatic rings. The monoisotopic (exact) mass is 333 g/mol. The maximum atomic E-state index is 11.9. The van der Waals surface area contributed by atoms with Crippen molar-refractivity contribution >= 4 is 28.4 Å². The van der Waals surface area contributed by atoms with Crippen LogP contribution in [0.3, 0.4) is 0 Å². The Hall–Kier alpha value is -2.54. The van der Waals surface area contributed by atoms with Gasteiger partial charge in [-0.15, -0.1) is 0 Å². The predicted octanol–water partition coefficient (Wildman–Crippen LogP) is 3.52. The SMILES string of the molecule is O=C(Nc1sc2c(c1C(=O)O)CCCO2)OCc1ccccc1. The molecular formula is C16H15NO5S. The van der Waals surface area contributed by atoms with Crippen molar-refractivity contribution in [1.82, 2.24) is 0 Å². The van der Waals surface area contributed by atoms with Crippen molar-refractivity contribution in [2.45, 2.75) is 19.4 Å². The molecule has 0 radical (unpaired) electrons. The molecule has 1 aromatic carbocycles. The van der Waals surface area contributed by atoms with E-state index in [0.717, 1.165) is 23.3 Å². The smallest absolute Gasteiger partial charge is 0.412 e. The molecule has 1 aliphatic rings. The maximum absolute atomic E-state index is 11.9. The number of rotatable bonds is 4. The quantitative estimate of drug-likeness (QED) is 0.894. The summed E-state index contributed by atoms with van der Waals surface area (Å²) in [7, 11) is 0. The second-order valence-electron chi connectivity index (χ2n) is 5.02. The number of carboxylic acid groups (broad SMARTS) is 1. The molecule has 2 N–H and O–H groups in total. The molecule has 0 saturated carbocycles. The average molecular weight is 333 g/mol. The number of anilines is 1. The molecule has 0 atom stereocenters. The van der Waals surface area contributed by atoms with Gasteiger partial charge in [0.2, 0.25) is 0 Å².